The van der Waals surface area contributed by atoms with Crippen LogP contribution in [0.15, 0.2) is 0 Å². The number of aliphatic hydroxyl groups excluding tert-OH is 2. The first kappa shape index (κ1) is 49.3. The van der Waals surface area contributed by atoms with Gasteiger partial charge in [0.2, 0.25) is 0 Å². The Morgan fingerprint density at radius 3 is 1.38 bits per heavy atom. The minimum atomic E-state index is -0.601. The normalized spacial score (nSPS) is 12.4. The van der Waals surface area contributed by atoms with Crippen LogP contribution in [0.3, 0.4) is 0 Å². The molecule has 1 unspecified atom stereocenters. The molecule has 0 aromatic heterocycles. The second kappa shape index (κ2) is 41.1. The van der Waals surface area contributed by atoms with Crippen LogP contribution in [-0.4, -0.2) is 66.3 Å². The van der Waals surface area contributed by atoms with Crippen molar-refractivity contribution in [3.8, 4) is 0 Å². The molecule has 0 saturated heterocycles. The third-order valence-electron chi connectivity index (χ3n) is 10.3. The molecule has 0 aliphatic rings. The Bertz CT molecular complexity index is 646. The maximum absolute atomic E-state index is 12.7. The Balaban J connectivity index is 3.94. The SMILES string of the molecule is CCCCCCCCCOC(O)CCCCCCCN(CCO)CCCCCCCC(=O)OC(CCCCCCCC)CCCCCCCC. The molecular formula is C44H89NO5. The van der Waals surface area contributed by atoms with Gasteiger partial charge in [-0.3, -0.25) is 4.79 Å². The molecule has 0 aliphatic carbocycles. The van der Waals surface area contributed by atoms with E-state index in [9.17, 15) is 15.0 Å². The van der Waals surface area contributed by atoms with E-state index in [4.69, 9.17) is 9.47 Å². The van der Waals surface area contributed by atoms with Crippen molar-refractivity contribution in [3.05, 3.63) is 0 Å². The topological polar surface area (TPSA) is 79.2 Å². The first-order valence-electron chi connectivity index (χ1n) is 22.4. The van der Waals surface area contributed by atoms with E-state index in [0.29, 0.717) is 13.0 Å². The number of nitrogens with zero attached hydrogens (tertiary/aromatic N) is 1. The number of aliphatic hydroxyl groups is 2. The van der Waals surface area contributed by atoms with Crippen LogP contribution in [0.25, 0.3) is 0 Å². The summed E-state index contributed by atoms with van der Waals surface area (Å²) in [7, 11) is 0. The fourth-order valence-corrected chi connectivity index (χ4v) is 6.97. The molecule has 0 radical (unpaired) electrons. The molecule has 1 atom stereocenters. The summed E-state index contributed by atoms with van der Waals surface area (Å²) < 4.78 is 11.6. The van der Waals surface area contributed by atoms with Crippen molar-refractivity contribution in [2.45, 2.75) is 245 Å². The predicted molar refractivity (Wildman–Crippen MR) is 215 cm³/mol. The molecule has 0 aromatic carbocycles. The molecule has 0 heterocycles. The number of esters is 1. The highest BCUT2D eigenvalue weighted by Gasteiger charge is 2.14. The fraction of sp³-hybridized carbons (Fsp3) is 0.977. The van der Waals surface area contributed by atoms with Crippen LogP contribution < -0.4 is 0 Å². The molecule has 0 saturated carbocycles. The van der Waals surface area contributed by atoms with E-state index < -0.39 is 6.29 Å². The lowest BCUT2D eigenvalue weighted by Gasteiger charge is -2.21. The summed E-state index contributed by atoms with van der Waals surface area (Å²) in [5, 5.41) is 19.6. The van der Waals surface area contributed by atoms with Gasteiger partial charge in [0.25, 0.3) is 0 Å². The van der Waals surface area contributed by atoms with Crippen molar-refractivity contribution in [2.24, 2.45) is 0 Å². The monoisotopic (exact) mass is 712 g/mol. The van der Waals surface area contributed by atoms with Crippen LogP contribution in [0.1, 0.15) is 233 Å². The molecule has 300 valence electrons. The van der Waals surface area contributed by atoms with Gasteiger partial charge in [-0.05, 0) is 77.3 Å². The Hall–Kier alpha value is -0.690. The summed E-state index contributed by atoms with van der Waals surface area (Å²) >= 11 is 0. The van der Waals surface area contributed by atoms with Gasteiger partial charge in [-0.25, -0.2) is 0 Å². The van der Waals surface area contributed by atoms with Gasteiger partial charge in [0, 0.05) is 19.6 Å². The van der Waals surface area contributed by atoms with Crippen molar-refractivity contribution >= 4 is 5.97 Å². The average Bonchev–Trinajstić information content (AvgIpc) is 3.11. The Kier molecular flexibility index (Phi) is 40.5. The van der Waals surface area contributed by atoms with E-state index in [2.05, 4.69) is 25.7 Å². The first-order valence-corrected chi connectivity index (χ1v) is 22.4. The zero-order valence-corrected chi connectivity index (χ0v) is 34.1. The lowest BCUT2D eigenvalue weighted by atomic mass is 10.0. The highest BCUT2D eigenvalue weighted by molar-refractivity contribution is 5.69. The lowest BCUT2D eigenvalue weighted by Crippen LogP contribution is -2.29. The van der Waals surface area contributed by atoms with Crippen LogP contribution in [0.5, 0.6) is 0 Å². The molecule has 50 heavy (non-hydrogen) atoms. The third kappa shape index (κ3) is 37.1. The van der Waals surface area contributed by atoms with Crippen LogP contribution in [0.4, 0.5) is 0 Å². The van der Waals surface area contributed by atoms with Crippen LogP contribution in [-0.2, 0) is 14.3 Å². The lowest BCUT2D eigenvalue weighted by molar-refractivity contribution is -0.150. The summed E-state index contributed by atoms with van der Waals surface area (Å²) in [4.78, 5) is 15.1. The first-order chi connectivity index (χ1) is 24.6. The van der Waals surface area contributed by atoms with Crippen LogP contribution >= 0.6 is 0 Å². The molecule has 2 N–H and O–H groups in total. The zero-order valence-electron chi connectivity index (χ0n) is 34.1. The summed E-state index contributed by atoms with van der Waals surface area (Å²) in [6.45, 7) is 10.5. The molecule has 0 aliphatic heterocycles. The van der Waals surface area contributed by atoms with Crippen LogP contribution in [0, 0.1) is 0 Å². The minimum absolute atomic E-state index is 0.0180. The molecule has 0 rings (SSSR count). The minimum Gasteiger partial charge on any atom is -0.462 e. The van der Waals surface area contributed by atoms with E-state index >= 15 is 0 Å². The van der Waals surface area contributed by atoms with Gasteiger partial charge in [-0.1, -0.05) is 162 Å². The fourth-order valence-electron chi connectivity index (χ4n) is 6.97. The van der Waals surface area contributed by atoms with Gasteiger partial charge < -0.3 is 24.6 Å². The van der Waals surface area contributed by atoms with Gasteiger partial charge in [0.15, 0.2) is 6.29 Å². The molecule has 6 heteroatoms. The largest absolute Gasteiger partial charge is 0.462 e. The second-order valence-corrected chi connectivity index (χ2v) is 15.3. The summed E-state index contributed by atoms with van der Waals surface area (Å²) in [5.41, 5.74) is 0. The maximum atomic E-state index is 12.7. The van der Waals surface area contributed by atoms with E-state index in [0.717, 1.165) is 90.3 Å². The molecule has 0 bridgehead atoms. The second-order valence-electron chi connectivity index (χ2n) is 15.3. The van der Waals surface area contributed by atoms with E-state index in [1.807, 2.05) is 0 Å². The van der Waals surface area contributed by atoms with Crippen molar-refractivity contribution in [1.29, 1.82) is 0 Å². The molecule has 0 fully saturated rings. The molecule has 0 aromatic rings. The number of hydrogen-bond donors (Lipinski definition) is 2. The van der Waals surface area contributed by atoms with E-state index in [1.165, 1.54) is 135 Å². The quantitative estimate of drug-likeness (QED) is 0.0373. The number of hydrogen-bond acceptors (Lipinski definition) is 6. The zero-order chi connectivity index (χ0) is 36.6. The number of ether oxygens (including phenoxy) is 2. The summed E-state index contributed by atoms with van der Waals surface area (Å²) in [6.07, 6.45) is 38.4. The van der Waals surface area contributed by atoms with Crippen molar-refractivity contribution in [3.63, 3.8) is 0 Å². The van der Waals surface area contributed by atoms with E-state index in [-0.39, 0.29) is 18.7 Å². The third-order valence-corrected chi connectivity index (χ3v) is 10.3. The van der Waals surface area contributed by atoms with Gasteiger partial charge in [0.1, 0.15) is 6.10 Å². The molecule has 0 amide bonds. The van der Waals surface area contributed by atoms with Crippen molar-refractivity contribution in [2.75, 3.05) is 32.8 Å². The number of unbranched alkanes of at least 4 members (excludes halogenated alkanes) is 24. The Morgan fingerprint density at radius 1 is 0.500 bits per heavy atom. The van der Waals surface area contributed by atoms with Gasteiger partial charge >= 0.3 is 5.97 Å². The standard InChI is InChI=1S/C44H89NO5/c1-4-7-10-13-16-25-32-41-49-43(47)35-28-21-17-23-30-37-45(39-40-46)38-31-24-18-22-29-36-44(48)50-42(33-26-19-14-11-8-5-2)34-27-20-15-12-9-6-3/h42-43,46-47H,4-41H2,1-3H3. The van der Waals surface area contributed by atoms with Gasteiger partial charge in [-0.15, -0.1) is 0 Å². The van der Waals surface area contributed by atoms with Crippen molar-refractivity contribution < 1.29 is 24.5 Å². The van der Waals surface area contributed by atoms with E-state index in [1.54, 1.807) is 0 Å². The van der Waals surface area contributed by atoms with Crippen molar-refractivity contribution in [1.82, 2.24) is 4.90 Å². The molecular weight excluding hydrogens is 622 g/mol. The maximum Gasteiger partial charge on any atom is 0.306 e. The highest BCUT2D eigenvalue weighted by atomic mass is 16.6. The average molecular weight is 712 g/mol. The highest BCUT2D eigenvalue weighted by Crippen LogP contribution is 2.18. The predicted octanol–water partition coefficient (Wildman–Crippen LogP) is 12.5. The number of carbonyl (C=O) groups is 1. The van der Waals surface area contributed by atoms with Gasteiger partial charge in [0.05, 0.1) is 6.61 Å². The molecule has 0 spiro atoms. The Morgan fingerprint density at radius 2 is 0.900 bits per heavy atom. The van der Waals surface area contributed by atoms with Gasteiger partial charge in [-0.2, -0.15) is 0 Å². The number of carbonyl (C=O) groups excluding carboxylic acids is 1. The smallest absolute Gasteiger partial charge is 0.306 e. The summed E-state index contributed by atoms with van der Waals surface area (Å²) in [5.74, 6) is 0.0180. The Labute approximate surface area is 312 Å². The number of rotatable bonds is 42. The summed E-state index contributed by atoms with van der Waals surface area (Å²) in [6, 6.07) is 0. The molecule has 6 nitrogen and oxygen atoms in total. The van der Waals surface area contributed by atoms with Crippen LogP contribution in [0.2, 0.25) is 0 Å².